The summed E-state index contributed by atoms with van der Waals surface area (Å²) < 4.78 is 2.31. The van der Waals surface area contributed by atoms with E-state index in [1.165, 1.54) is 24.2 Å². The van der Waals surface area contributed by atoms with Crippen LogP contribution in [0, 0.1) is 0 Å². The van der Waals surface area contributed by atoms with Gasteiger partial charge in [0.2, 0.25) is 0 Å². The molecule has 1 atom stereocenters. The fourth-order valence-electron chi connectivity index (χ4n) is 4.28. The van der Waals surface area contributed by atoms with Crippen molar-refractivity contribution in [2.75, 3.05) is 20.1 Å². The maximum absolute atomic E-state index is 4.79. The van der Waals surface area contributed by atoms with Gasteiger partial charge in [-0.05, 0) is 24.8 Å². The molecule has 0 amide bonds. The number of guanidine groups is 1. The number of aryl methyl sites for hydroxylation is 2. The molecule has 1 unspecified atom stereocenters. The van der Waals surface area contributed by atoms with E-state index in [0.717, 1.165) is 50.7 Å². The van der Waals surface area contributed by atoms with E-state index in [9.17, 15) is 0 Å². The van der Waals surface area contributed by atoms with E-state index >= 15 is 0 Å². The third-order valence-electron chi connectivity index (χ3n) is 5.84. The summed E-state index contributed by atoms with van der Waals surface area (Å²) in [6, 6.07) is 10.9. The van der Waals surface area contributed by atoms with Crippen LogP contribution in [0.1, 0.15) is 43.3 Å². The smallest absolute Gasteiger partial charge is 0.193 e. The van der Waals surface area contributed by atoms with Gasteiger partial charge < -0.3 is 14.8 Å². The molecule has 1 saturated heterocycles. The highest BCUT2D eigenvalue weighted by Gasteiger charge is 2.36. The number of nitrogens with one attached hydrogen (secondary N) is 1. The maximum Gasteiger partial charge on any atom is 0.193 e. The van der Waals surface area contributed by atoms with Gasteiger partial charge in [0.05, 0.1) is 12.2 Å². The van der Waals surface area contributed by atoms with Crippen LogP contribution in [0.5, 0.6) is 0 Å². The molecule has 4 rings (SSSR count). The average Bonchev–Trinajstić information content (AvgIpc) is 3.27. The zero-order valence-electron chi connectivity index (χ0n) is 16.3. The largest absolute Gasteiger partial charge is 0.351 e. The molecule has 1 N–H and O–H groups in total. The van der Waals surface area contributed by atoms with Crippen LogP contribution in [0.15, 0.2) is 41.5 Å². The van der Waals surface area contributed by atoms with Crippen LogP contribution in [-0.2, 0) is 24.9 Å². The van der Waals surface area contributed by atoms with Gasteiger partial charge in [-0.1, -0.05) is 37.3 Å². The van der Waals surface area contributed by atoms with Gasteiger partial charge in [0.15, 0.2) is 5.96 Å². The number of imidazole rings is 1. The van der Waals surface area contributed by atoms with E-state index in [0.29, 0.717) is 0 Å². The molecular formula is C21H30IN5. The zero-order valence-corrected chi connectivity index (χ0v) is 18.6. The molecule has 3 heterocycles. The predicted molar refractivity (Wildman–Crippen MR) is 121 cm³/mol. The Morgan fingerprint density at radius 3 is 2.78 bits per heavy atom. The molecule has 5 nitrogen and oxygen atoms in total. The minimum atomic E-state index is 0. The number of halogens is 1. The molecule has 0 bridgehead atoms. The molecule has 0 radical (unpaired) electrons. The van der Waals surface area contributed by atoms with E-state index in [1.54, 1.807) is 0 Å². The third kappa shape index (κ3) is 4.31. The number of hydrogen-bond acceptors (Lipinski definition) is 2. The summed E-state index contributed by atoms with van der Waals surface area (Å²) in [6.07, 6.45) is 6.99. The van der Waals surface area contributed by atoms with Crippen LogP contribution in [-0.4, -0.2) is 40.5 Å². The second kappa shape index (κ2) is 8.63. The third-order valence-corrected chi connectivity index (χ3v) is 5.84. The lowest BCUT2D eigenvalue weighted by molar-refractivity contribution is 0.438. The molecule has 146 valence electrons. The van der Waals surface area contributed by atoms with Gasteiger partial charge in [-0.3, -0.25) is 4.99 Å². The first-order valence-electron chi connectivity index (χ1n) is 9.74. The molecule has 1 fully saturated rings. The van der Waals surface area contributed by atoms with Gasteiger partial charge in [-0.25, -0.2) is 4.98 Å². The number of benzene rings is 1. The molecule has 0 saturated carbocycles. The lowest BCUT2D eigenvalue weighted by Gasteiger charge is -2.27. The Labute approximate surface area is 179 Å². The van der Waals surface area contributed by atoms with Crippen LogP contribution in [0.3, 0.4) is 0 Å². The lowest BCUT2D eigenvalue weighted by atomic mass is 9.82. The summed E-state index contributed by atoms with van der Waals surface area (Å²) in [5, 5.41) is 3.53. The van der Waals surface area contributed by atoms with Crippen molar-refractivity contribution in [1.82, 2.24) is 19.8 Å². The van der Waals surface area contributed by atoms with Crippen molar-refractivity contribution in [3.63, 3.8) is 0 Å². The number of aromatic nitrogens is 2. The number of aliphatic imine (C=N–C) groups is 1. The minimum absolute atomic E-state index is 0. The molecule has 1 aromatic heterocycles. The molecule has 1 aromatic carbocycles. The highest BCUT2D eigenvalue weighted by Crippen LogP contribution is 2.33. The summed E-state index contributed by atoms with van der Waals surface area (Å²) in [7, 11) is 1.87. The lowest BCUT2D eigenvalue weighted by Crippen LogP contribution is -2.41. The molecule has 0 spiro atoms. The van der Waals surface area contributed by atoms with E-state index in [4.69, 9.17) is 4.98 Å². The van der Waals surface area contributed by atoms with Crippen molar-refractivity contribution in [2.45, 2.75) is 51.1 Å². The molecule has 6 heteroatoms. The van der Waals surface area contributed by atoms with Crippen LogP contribution in [0.2, 0.25) is 0 Å². The average molecular weight is 479 g/mol. The summed E-state index contributed by atoms with van der Waals surface area (Å²) in [4.78, 5) is 11.7. The maximum atomic E-state index is 4.79. The number of nitrogens with zero attached hydrogens (tertiary/aromatic N) is 4. The summed E-state index contributed by atoms with van der Waals surface area (Å²) in [6.45, 7) is 6.24. The molecule has 0 aliphatic carbocycles. The van der Waals surface area contributed by atoms with Crippen LogP contribution < -0.4 is 5.32 Å². The molecule has 2 aromatic rings. The highest BCUT2D eigenvalue weighted by molar-refractivity contribution is 14.0. The first-order valence-corrected chi connectivity index (χ1v) is 9.74. The number of likely N-dealkylation sites (tertiary alicyclic amines) is 1. The van der Waals surface area contributed by atoms with E-state index < -0.39 is 0 Å². The van der Waals surface area contributed by atoms with E-state index in [-0.39, 0.29) is 29.4 Å². The number of fused-ring (bicyclic) bond motifs is 1. The SMILES string of the molecule is CN=C(NCc1cn2c(n1)CCCC2)N1CCC(C)(c2ccccc2)C1.I. The molecule has 2 aliphatic rings. The predicted octanol–water partition coefficient (Wildman–Crippen LogP) is 3.58. The van der Waals surface area contributed by atoms with Crippen molar-refractivity contribution in [2.24, 2.45) is 4.99 Å². The van der Waals surface area contributed by atoms with E-state index in [2.05, 4.69) is 63.2 Å². The van der Waals surface area contributed by atoms with Crippen LogP contribution in [0.25, 0.3) is 0 Å². The number of hydrogen-bond donors (Lipinski definition) is 1. The van der Waals surface area contributed by atoms with Gasteiger partial charge in [-0.15, -0.1) is 24.0 Å². The Bertz CT molecular complexity index is 762. The van der Waals surface area contributed by atoms with Crippen LogP contribution >= 0.6 is 24.0 Å². The summed E-state index contributed by atoms with van der Waals surface area (Å²) in [5.41, 5.74) is 2.72. The molecule has 2 aliphatic heterocycles. The molecular weight excluding hydrogens is 449 g/mol. The quantitative estimate of drug-likeness (QED) is 0.416. The van der Waals surface area contributed by atoms with Gasteiger partial charge >= 0.3 is 0 Å². The topological polar surface area (TPSA) is 45.5 Å². The fourth-order valence-corrected chi connectivity index (χ4v) is 4.28. The first kappa shape index (κ1) is 20.2. The van der Waals surface area contributed by atoms with Crippen molar-refractivity contribution >= 4 is 29.9 Å². The van der Waals surface area contributed by atoms with Crippen molar-refractivity contribution in [1.29, 1.82) is 0 Å². The van der Waals surface area contributed by atoms with Crippen molar-refractivity contribution in [3.05, 3.63) is 53.6 Å². The summed E-state index contributed by atoms with van der Waals surface area (Å²) >= 11 is 0. The fraction of sp³-hybridized carbons (Fsp3) is 0.524. The minimum Gasteiger partial charge on any atom is -0.351 e. The summed E-state index contributed by atoms with van der Waals surface area (Å²) in [5.74, 6) is 2.22. The number of rotatable bonds is 3. The first-order chi connectivity index (χ1) is 12.7. The monoisotopic (exact) mass is 479 g/mol. The Morgan fingerprint density at radius 2 is 2.04 bits per heavy atom. The van der Waals surface area contributed by atoms with E-state index in [1.807, 2.05) is 7.05 Å². The second-order valence-electron chi connectivity index (χ2n) is 7.80. The van der Waals surface area contributed by atoms with Gasteiger partial charge in [0.25, 0.3) is 0 Å². The second-order valence-corrected chi connectivity index (χ2v) is 7.80. The Hall–Kier alpha value is -1.57. The Morgan fingerprint density at radius 1 is 1.22 bits per heavy atom. The van der Waals surface area contributed by atoms with Gasteiger partial charge in [0.1, 0.15) is 5.82 Å². The Balaban J connectivity index is 0.00000210. The zero-order chi connectivity index (χ0) is 18.0. The Kier molecular flexibility index (Phi) is 6.44. The van der Waals surface area contributed by atoms with Gasteiger partial charge in [-0.2, -0.15) is 0 Å². The van der Waals surface area contributed by atoms with Crippen molar-refractivity contribution < 1.29 is 0 Å². The normalized spacial score (nSPS) is 22.3. The molecule has 27 heavy (non-hydrogen) atoms. The highest BCUT2D eigenvalue weighted by atomic mass is 127. The van der Waals surface area contributed by atoms with Crippen molar-refractivity contribution in [3.8, 4) is 0 Å². The standard InChI is InChI=1S/C21H29N5.HI/c1-21(17-8-4-3-5-9-17)11-13-26(16-21)20(22-2)23-14-18-15-25-12-7-6-10-19(25)24-18;/h3-5,8-9,15H,6-7,10-14,16H2,1-2H3,(H,22,23);1H. The van der Waals surface area contributed by atoms with Gasteiger partial charge in [0, 0.05) is 44.7 Å². The van der Waals surface area contributed by atoms with Crippen LogP contribution in [0.4, 0.5) is 0 Å².